The Labute approximate surface area is 447 Å². The van der Waals surface area contributed by atoms with Crippen LogP contribution in [0.25, 0.3) is 10.9 Å². The normalized spacial score (nSPS) is 38.3. The molecule has 6 rings (SSSR count). The average Bonchev–Trinajstić information content (AvgIpc) is 3.35. The Kier molecular flexibility index (Phi) is 20.3. The molecular weight excluding hydrogens is 991 g/mol. The summed E-state index contributed by atoms with van der Waals surface area (Å²) >= 11 is 1.62. The molecule has 2 aromatic rings. The van der Waals surface area contributed by atoms with E-state index in [4.69, 9.17) is 37.9 Å². The maximum atomic E-state index is 14.5. The maximum Gasteiger partial charge on any atom is 0.341 e. The second-order valence-electron chi connectivity index (χ2n) is 22.7. The van der Waals surface area contributed by atoms with Crippen LogP contribution in [-0.4, -0.2) is 198 Å². The maximum absolute atomic E-state index is 14.5. The first-order valence-electron chi connectivity index (χ1n) is 26.7. The number of cyclic esters (lactones) is 1. The fourth-order valence-electron chi connectivity index (χ4n) is 11.9. The van der Waals surface area contributed by atoms with Gasteiger partial charge in [0.1, 0.15) is 35.6 Å². The second-order valence-corrected chi connectivity index (χ2v) is 23.9. The number of carbonyl (C=O) groups excluding carboxylic acids is 2. The largest absolute Gasteiger partial charge is 0.477 e. The van der Waals surface area contributed by atoms with Crippen LogP contribution in [0.4, 0.5) is 0 Å². The quantitative estimate of drug-likeness (QED) is 0.120. The number of aliphatic hydroxyl groups is 3. The van der Waals surface area contributed by atoms with E-state index in [0.29, 0.717) is 37.3 Å². The first-order valence-corrected chi connectivity index (χ1v) is 27.7. The molecule has 4 N–H and O–H groups in total. The molecule has 0 aliphatic carbocycles. The Bertz CT molecular complexity index is 2370. The first-order chi connectivity index (χ1) is 35.1. The van der Waals surface area contributed by atoms with Crippen LogP contribution in [0.5, 0.6) is 0 Å². The summed E-state index contributed by atoms with van der Waals surface area (Å²) in [4.78, 5) is 58.8. The van der Waals surface area contributed by atoms with Gasteiger partial charge in [0.2, 0.25) is 5.43 Å². The minimum atomic E-state index is -2.15. The summed E-state index contributed by atoms with van der Waals surface area (Å²) in [5.74, 6) is -4.63. The number of carbonyl (C=O) groups is 3. The first kappa shape index (κ1) is 61.1. The van der Waals surface area contributed by atoms with Crippen LogP contribution >= 0.6 is 11.8 Å². The molecule has 1 aromatic carbocycles. The summed E-state index contributed by atoms with van der Waals surface area (Å²) in [5, 5.41) is 45.2. The highest BCUT2D eigenvalue weighted by Crippen LogP contribution is 2.42. The van der Waals surface area contributed by atoms with Crippen molar-refractivity contribution in [1.82, 2.24) is 14.4 Å². The van der Waals surface area contributed by atoms with Gasteiger partial charge in [-0.3, -0.25) is 14.4 Å². The Hall–Kier alpha value is -3.09. The summed E-state index contributed by atoms with van der Waals surface area (Å²) < 4.78 is 53.9. The number of benzene rings is 1. The summed E-state index contributed by atoms with van der Waals surface area (Å²) in [7, 11) is 8.85. The third-order valence-corrected chi connectivity index (χ3v) is 17.7. The van der Waals surface area contributed by atoms with Crippen LogP contribution < -0.4 is 5.43 Å². The van der Waals surface area contributed by atoms with Crippen LogP contribution in [-0.2, 0) is 53.9 Å². The van der Waals surface area contributed by atoms with Crippen LogP contribution in [0.2, 0.25) is 0 Å². The number of rotatable bonds is 17. The molecule has 4 aliphatic heterocycles. The molecule has 424 valence electrons. The number of hydrogen-bond acceptors (Lipinski definition) is 18. The second kappa shape index (κ2) is 24.9. The fraction of sp³-hybridized carbons (Fsp3) is 0.782. The lowest BCUT2D eigenvalue weighted by molar-refractivity contribution is -0.321. The van der Waals surface area contributed by atoms with E-state index < -0.39 is 113 Å². The van der Waals surface area contributed by atoms with Crippen molar-refractivity contribution in [1.29, 1.82) is 0 Å². The highest BCUT2D eigenvalue weighted by atomic mass is 32.2. The topological polar surface area (TPSA) is 234 Å². The zero-order chi connectivity index (χ0) is 55.6. The van der Waals surface area contributed by atoms with E-state index in [0.717, 1.165) is 28.8 Å². The molecule has 20 heteroatoms. The van der Waals surface area contributed by atoms with Gasteiger partial charge in [-0.2, -0.15) is 0 Å². The molecule has 19 nitrogen and oxygen atoms in total. The minimum absolute atomic E-state index is 0.00330. The molecule has 0 radical (unpaired) electrons. The van der Waals surface area contributed by atoms with Crippen molar-refractivity contribution in [3.8, 4) is 0 Å². The van der Waals surface area contributed by atoms with Gasteiger partial charge in [-0.25, -0.2) is 4.79 Å². The number of pyridine rings is 1. The number of hydrogen-bond donors (Lipinski definition) is 4. The number of aromatic carboxylic acids is 1. The van der Waals surface area contributed by atoms with Crippen molar-refractivity contribution in [3.05, 3.63) is 39.7 Å². The number of ketones is 1. The molecule has 0 amide bonds. The van der Waals surface area contributed by atoms with E-state index in [1.54, 1.807) is 46.6 Å². The third kappa shape index (κ3) is 13.2. The molecular formula is C55H87N3O16S. The highest BCUT2D eigenvalue weighted by Gasteiger charge is 2.55. The molecule has 18 atom stereocenters. The van der Waals surface area contributed by atoms with Crippen LogP contribution in [0.15, 0.2) is 28.0 Å². The van der Waals surface area contributed by atoms with E-state index >= 15 is 0 Å². The number of esters is 1. The van der Waals surface area contributed by atoms with Gasteiger partial charge in [0.15, 0.2) is 18.4 Å². The number of methoxy groups -OCH3 is 2. The summed E-state index contributed by atoms with van der Waals surface area (Å²) in [6, 6.07) is 3.71. The smallest absolute Gasteiger partial charge is 0.341 e. The van der Waals surface area contributed by atoms with Gasteiger partial charge in [0.05, 0.1) is 53.7 Å². The lowest BCUT2D eigenvalue weighted by Crippen LogP contribution is -2.61. The molecule has 3 saturated heterocycles. The third-order valence-electron chi connectivity index (χ3n) is 16.8. The van der Waals surface area contributed by atoms with Crippen molar-refractivity contribution in [2.24, 2.45) is 17.8 Å². The van der Waals surface area contributed by atoms with E-state index in [-0.39, 0.29) is 43.0 Å². The van der Waals surface area contributed by atoms with Crippen molar-refractivity contribution in [3.63, 3.8) is 0 Å². The number of thioether (sulfide) groups is 1. The van der Waals surface area contributed by atoms with E-state index in [1.165, 1.54) is 20.2 Å². The number of carboxylic acids is 1. The molecule has 0 saturated carbocycles. The number of aromatic nitrogens is 1. The van der Waals surface area contributed by atoms with Crippen molar-refractivity contribution >= 4 is 40.4 Å². The monoisotopic (exact) mass is 1080 g/mol. The number of aliphatic hydroxyl groups excluding tert-OH is 2. The highest BCUT2D eigenvalue weighted by molar-refractivity contribution is 7.99. The van der Waals surface area contributed by atoms with E-state index in [9.17, 15) is 39.6 Å². The lowest BCUT2D eigenvalue weighted by Gasteiger charge is -2.50. The predicted molar refractivity (Wildman–Crippen MR) is 282 cm³/mol. The van der Waals surface area contributed by atoms with Crippen LogP contribution in [0, 0.1) is 17.8 Å². The molecule has 4 aliphatic rings. The zero-order valence-corrected chi connectivity index (χ0v) is 47.7. The van der Waals surface area contributed by atoms with E-state index in [1.807, 2.05) is 71.3 Å². The van der Waals surface area contributed by atoms with E-state index in [2.05, 4.69) is 11.0 Å². The molecule has 1 aromatic heterocycles. The van der Waals surface area contributed by atoms with Gasteiger partial charge in [0, 0.05) is 79.9 Å². The number of Topliss-reactive ketones (excluding diaryl/α,β-unsaturated/α-hetero) is 1. The molecule has 1 unspecified atom stereocenters. The van der Waals surface area contributed by atoms with Gasteiger partial charge in [-0.1, -0.05) is 20.8 Å². The predicted octanol–water partition coefficient (Wildman–Crippen LogP) is 5.07. The number of ether oxygens (including phenoxy) is 8. The minimum Gasteiger partial charge on any atom is -0.477 e. The van der Waals surface area contributed by atoms with Gasteiger partial charge in [0.25, 0.3) is 0 Å². The Morgan fingerprint density at radius 3 is 2.21 bits per heavy atom. The van der Waals surface area contributed by atoms with Gasteiger partial charge in [-0.05, 0) is 119 Å². The number of aryl methyl sites for hydroxylation is 1. The standard InChI is InChI=1S/C55H87N3O16S/c1-16-40-55(10,66)47(62)43(59)29(2)26-53(8,67-14)48(74-52-45(61)39(56(11)12)23-31(4)70-52)32(5)46(33(6)51(65)72-40)73-41-27-54(9,68-15)49(34(7)71-41)69-21-19-57(13)20-22-75-36-24-35-18-17-30(3)58-28-38(50(63)64)44(60)37(25-36)42(35)58/h24-25,28-34,39-41,45-49,52,61-62,66H,16-23,26-27H2,1-15H3,(H,63,64)/t29-,30?,31-,32+,33-,34+,39+,40-,41+,45-,46+,47-,48-,49+,52+,53-,54-,55-/m1/s1. The van der Waals surface area contributed by atoms with Gasteiger partial charge >= 0.3 is 11.9 Å². The van der Waals surface area contributed by atoms with Crippen molar-refractivity contribution in [2.45, 2.75) is 203 Å². The number of likely N-dealkylation sites (N-methyl/N-ethyl adjacent to an activating group) is 2. The van der Waals surface area contributed by atoms with Crippen LogP contribution in [0.1, 0.15) is 123 Å². The molecule has 5 heterocycles. The molecule has 3 fully saturated rings. The average molecular weight is 1080 g/mol. The molecule has 0 bridgehead atoms. The van der Waals surface area contributed by atoms with Gasteiger partial charge in [-0.15, -0.1) is 11.8 Å². The van der Waals surface area contributed by atoms with Gasteiger partial charge < -0.3 is 72.7 Å². The SMILES string of the molecule is CC[C@H]1OC(=O)[C@H](C)[C@@H](O[C@H]2C[C@@](C)(OC)[C@@H](OCCN(C)CCSc3cc4c5c(c3)c(=O)c(C(=O)O)cn5C(C)CC4)[C@H](C)O2)[C@H](C)[C@@H](O[C@@H]2O[C@H](C)C[C@H](N(C)C)[C@H]2O)[C@](C)(OC)C[C@@H](C)C(=O)[C@@H](O)[C@]1(C)O. The Morgan fingerprint density at radius 1 is 0.920 bits per heavy atom. The summed E-state index contributed by atoms with van der Waals surface area (Å²) in [5.41, 5.74) is -3.24. The van der Waals surface area contributed by atoms with Crippen LogP contribution in [0.3, 0.4) is 0 Å². The van der Waals surface area contributed by atoms with Crippen molar-refractivity contribution < 1.29 is 72.7 Å². The molecule has 75 heavy (non-hydrogen) atoms. The summed E-state index contributed by atoms with van der Waals surface area (Å²) in [6.45, 7) is 19.3. The lowest BCUT2D eigenvalue weighted by atomic mass is 9.75. The fourth-order valence-corrected chi connectivity index (χ4v) is 13.0. The summed E-state index contributed by atoms with van der Waals surface area (Å²) in [6.07, 6.45) is -5.87. The van der Waals surface area contributed by atoms with Crippen molar-refractivity contribution in [2.75, 3.05) is 60.8 Å². The number of carboxylic acid groups (broad SMARTS) is 1. The Balaban J connectivity index is 1.19. The Morgan fingerprint density at radius 2 is 1.59 bits per heavy atom. The zero-order valence-electron chi connectivity index (χ0n) is 46.9. The molecule has 0 spiro atoms. The number of nitrogens with zero attached hydrogens (tertiary/aromatic N) is 3.